The first-order valence-electron chi connectivity index (χ1n) is 9.47. The lowest BCUT2D eigenvalue weighted by Gasteiger charge is -2.32. The van der Waals surface area contributed by atoms with Crippen molar-refractivity contribution in [3.8, 4) is 0 Å². The van der Waals surface area contributed by atoms with Crippen LogP contribution in [0.2, 0.25) is 0 Å². The first-order chi connectivity index (χ1) is 14.0. The van der Waals surface area contributed by atoms with E-state index in [1.807, 2.05) is 60.7 Å². The van der Waals surface area contributed by atoms with Gasteiger partial charge in [-0.2, -0.15) is 0 Å². The third-order valence-electron chi connectivity index (χ3n) is 4.97. The summed E-state index contributed by atoms with van der Waals surface area (Å²) in [6, 6.07) is 16.5. The maximum Gasteiger partial charge on any atom is 0.287 e. The molecule has 2 atom stereocenters. The van der Waals surface area contributed by atoms with Gasteiger partial charge in [0, 0.05) is 19.4 Å². The maximum absolute atomic E-state index is 13.3. The quantitative estimate of drug-likeness (QED) is 0.651. The lowest BCUT2D eigenvalue weighted by molar-refractivity contribution is -0.146. The number of nitrogens with zero attached hydrogens (tertiary/aromatic N) is 1. The number of nitrogens with two attached hydrogens (primary N) is 1. The van der Waals surface area contributed by atoms with Crippen LogP contribution in [0.1, 0.15) is 24.0 Å². The van der Waals surface area contributed by atoms with Crippen molar-refractivity contribution in [2.24, 2.45) is 5.73 Å². The summed E-state index contributed by atoms with van der Waals surface area (Å²) in [5.41, 5.74) is 6.91. The second kappa shape index (κ2) is 9.14. The summed E-state index contributed by atoms with van der Waals surface area (Å²) in [6.07, 6.45) is 0.760. The fourth-order valence-corrected chi connectivity index (χ4v) is 3.47. The minimum Gasteiger partial charge on any atom is -0.363 e. The number of Topliss-reactive ketones (excluding diaryl/α,β-unsaturated/α-hetero) is 1. The first kappa shape index (κ1) is 20.3. The Morgan fingerprint density at radius 1 is 1.00 bits per heavy atom. The van der Waals surface area contributed by atoms with E-state index in [4.69, 9.17) is 5.73 Å². The van der Waals surface area contributed by atoms with Crippen molar-refractivity contribution in [2.45, 2.75) is 37.9 Å². The standard InChI is InChI=1S/C22H23N3O4/c23-21(28)20(27)18(13-15-7-3-1-4-8-15)25(14-16-9-5-2-6-10-16)22(29)17-11-12-19(26)24-17/h1-10,17-18H,11-14H2,(H2,23,28)(H,24,26)/t17-,18?/m1/s1. The first-order valence-corrected chi connectivity index (χ1v) is 9.47. The van der Waals surface area contributed by atoms with Crippen LogP contribution in [0.3, 0.4) is 0 Å². The summed E-state index contributed by atoms with van der Waals surface area (Å²) in [4.78, 5) is 50.7. The Kier molecular flexibility index (Phi) is 6.39. The van der Waals surface area contributed by atoms with Gasteiger partial charge in [-0.1, -0.05) is 60.7 Å². The molecule has 7 heteroatoms. The highest BCUT2D eigenvalue weighted by molar-refractivity contribution is 6.37. The molecule has 1 aliphatic heterocycles. The van der Waals surface area contributed by atoms with Crippen molar-refractivity contribution in [3.05, 3.63) is 71.8 Å². The van der Waals surface area contributed by atoms with Gasteiger partial charge >= 0.3 is 0 Å². The van der Waals surface area contributed by atoms with Crippen molar-refractivity contribution >= 4 is 23.5 Å². The van der Waals surface area contributed by atoms with Gasteiger partial charge in [-0.3, -0.25) is 19.2 Å². The highest BCUT2D eigenvalue weighted by atomic mass is 16.2. The Morgan fingerprint density at radius 3 is 2.10 bits per heavy atom. The zero-order chi connectivity index (χ0) is 20.8. The Hall–Kier alpha value is -3.48. The van der Waals surface area contributed by atoms with Crippen LogP contribution in [0.5, 0.6) is 0 Å². The number of ketones is 1. The molecule has 3 amide bonds. The van der Waals surface area contributed by atoms with E-state index in [1.165, 1.54) is 4.90 Å². The van der Waals surface area contributed by atoms with Crippen molar-refractivity contribution in [2.75, 3.05) is 0 Å². The molecule has 0 bridgehead atoms. The summed E-state index contributed by atoms with van der Waals surface area (Å²) < 4.78 is 0. The third-order valence-corrected chi connectivity index (χ3v) is 4.97. The average Bonchev–Trinajstić information content (AvgIpc) is 3.17. The van der Waals surface area contributed by atoms with Crippen LogP contribution in [0.4, 0.5) is 0 Å². The van der Waals surface area contributed by atoms with Gasteiger partial charge in [0.05, 0.1) is 0 Å². The highest BCUT2D eigenvalue weighted by Gasteiger charge is 2.38. The molecule has 1 aliphatic rings. The summed E-state index contributed by atoms with van der Waals surface area (Å²) in [5.74, 6) is -2.52. The molecule has 1 saturated heterocycles. The van der Waals surface area contributed by atoms with Crippen LogP contribution in [0.15, 0.2) is 60.7 Å². The molecule has 0 aliphatic carbocycles. The highest BCUT2D eigenvalue weighted by Crippen LogP contribution is 2.19. The Labute approximate surface area is 168 Å². The van der Waals surface area contributed by atoms with E-state index < -0.39 is 29.7 Å². The molecule has 2 aromatic carbocycles. The van der Waals surface area contributed by atoms with E-state index in [-0.39, 0.29) is 25.3 Å². The van der Waals surface area contributed by atoms with Gasteiger partial charge in [0.1, 0.15) is 12.1 Å². The molecule has 2 aromatic rings. The molecule has 3 N–H and O–H groups in total. The fourth-order valence-electron chi connectivity index (χ4n) is 3.47. The zero-order valence-corrected chi connectivity index (χ0v) is 15.9. The van der Waals surface area contributed by atoms with Crippen molar-refractivity contribution in [1.82, 2.24) is 10.2 Å². The molecule has 0 radical (unpaired) electrons. The number of primary amides is 1. The molecule has 150 valence electrons. The molecular weight excluding hydrogens is 370 g/mol. The largest absolute Gasteiger partial charge is 0.363 e. The van der Waals surface area contributed by atoms with Crippen LogP contribution in [0.25, 0.3) is 0 Å². The molecule has 0 aromatic heterocycles. The summed E-state index contributed by atoms with van der Waals surface area (Å²) >= 11 is 0. The maximum atomic E-state index is 13.3. The van der Waals surface area contributed by atoms with E-state index in [0.29, 0.717) is 6.42 Å². The van der Waals surface area contributed by atoms with E-state index in [9.17, 15) is 19.2 Å². The van der Waals surface area contributed by atoms with E-state index in [2.05, 4.69) is 5.32 Å². The van der Waals surface area contributed by atoms with Gasteiger partial charge in [-0.05, 0) is 17.5 Å². The van der Waals surface area contributed by atoms with E-state index in [1.54, 1.807) is 0 Å². The molecule has 1 fully saturated rings. The number of carbonyl (C=O) groups excluding carboxylic acids is 4. The van der Waals surface area contributed by atoms with Gasteiger partial charge in [0.2, 0.25) is 17.6 Å². The van der Waals surface area contributed by atoms with Crippen LogP contribution in [-0.4, -0.2) is 40.5 Å². The topological polar surface area (TPSA) is 110 Å². The molecule has 29 heavy (non-hydrogen) atoms. The SMILES string of the molecule is NC(=O)C(=O)C(Cc1ccccc1)N(Cc1ccccc1)C(=O)[C@H]1CCC(=O)N1. The zero-order valence-electron chi connectivity index (χ0n) is 15.9. The van der Waals surface area contributed by atoms with Crippen LogP contribution in [0, 0.1) is 0 Å². The van der Waals surface area contributed by atoms with Gasteiger partial charge < -0.3 is 16.0 Å². The molecule has 1 heterocycles. The van der Waals surface area contributed by atoms with Crippen LogP contribution >= 0.6 is 0 Å². The van der Waals surface area contributed by atoms with Crippen LogP contribution in [-0.2, 0) is 32.1 Å². The Bertz CT molecular complexity index is 899. The van der Waals surface area contributed by atoms with Gasteiger partial charge in [0.25, 0.3) is 5.91 Å². The molecular formula is C22H23N3O4. The lowest BCUT2D eigenvalue weighted by Crippen LogP contribution is -2.54. The smallest absolute Gasteiger partial charge is 0.287 e. The third kappa shape index (κ3) is 5.07. The van der Waals surface area contributed by atoms with E-state index in [0.717, 1.165) is 11.1 Å². The number of rotatable bonds is 8. The average molecular weight is 393 g/mol. The minimum absolute atomic E-state index is 0.128. The number of nitrogens with one attached hydrogen (secondary N) is 1. The lowest BCUT2D eigenvalue weighted by atomic mass is 9.98. The van der Waals surface area contributed by atoms with Gasteiger partial charge in [-0.25, -0.2) is 0 Å². The van der Waals surface area contributed by atoms with Crippen LogP contribution < -0.4 is 11.1 Å². The Balaban J connectivity index is 1.96. The molecule has 0 spiro atoms. The van der Waals surface area contributed by atoms with Crippen molar-refractivity contribution in [3.63, 3.8) is 0 Å². The number of carbonyl (C=O) groups is 4. The number of amides is 3. The molecule has 0 saturated carbocycles. The predicted molar refractivity (Wildman–Crippen MR) is 106 cm³/mol. The second-order valence-corrected chi connectivity index (χ2v) is 7.04. The Morgan fingerprint density at radius 2 is 1.59 bits per heavy atom. The number of benzene rings is 2. The number of hydrogen-bond donors (Lipinski definition) is 2. The van der Waals surface area contributed by atoms with E-state index >= 15 is 0 Å². The molecule has 3 rings (SSSR count). The summed E-state index contributed by atoms with van der Waals surface area (Å²) in [7, 11) is 0. The normalized spacial score (nSPS) is 16.7. The monoisotopic (exact) mass is 393 g/mol. The molecule has 1 unspecified atom stereocenters. The van der Waals surface area contributed by atoms with Crippen molar-refractivity contribution < 1.29 is 19.2 Å². The van der Waals surface area contributed by atoms with Gasteiger partial charge in [-0.15, -0.1) is 0 Å². The second-order valence-electron chi connectivity index (χ2n) is 7.04. The number of hydrogen-bond acceptors (Lipinski definition) is 4. The van der Waals surface area contributed by atoms with Crippen molar-refractivity contribution in [1.29, 1.82) is 0 Å². The summed E-state index contributed by atoms with van der Waals surface area (Å²) in [6.45, 7) is 0.128. The van der Waals surface area contributed by atoms with Gasteiger partial charge in [0.15, 0.2) is 0 Å². The minimum atomic E-state index is -1.09. The fraction of sp³-hybridized carbons (Fsp3) is 0.273. The molecule has 7 nitrogen and oxygen atoms in total. The summed E-state index contributed by atoms with van der Waals surface area (Å²) in [5, 5.41) is 2.65. The predicted octanol–water partition coefficient (Wildman–Crippen LogP) is 0.959.